The number of nitrogens with one attached hydrogen (secondary N) is 1. The minimum absolute atomic E-state index is 0.00960. The second kappa shape index (κ2) is 6.81. The Balaban J connectivity index is 1.85. The number of benzene rings is 1. The van der Waals surface area contributed by atoms with Gasteiger partial charge in [-0.15, -0.1) is 5.10 Å². The molecule has 1 aromatic carbocycles. The lowest BCUT2D eigenvalue weighted by Crippen LogP contribution is -3.15. The van der Waals surface area contributed by atoms with Crippen LogP contribution in [-0.4, -0.2) is 45.0 Å². The molecule has 0 amide bonds. The summed E-state index contributed by atoms with van der Waals surface area (Å²) < 4.78 is 34.7. The first-order valence-electron chi connectivity index (χ1n) is 8.83. The first-order valence-corrected chi connectivity index (χ1v) is 9.65. The van der Waals surface area contributed by atoms with E-state index < -0.39 is 11.6 Å². The Bertz CT molecular complexity index is 979. The van der Waals surface area contributed by atoms with E-state index in [1.54, 1.807) is 13.0 Å². The van der Waals surface area contributed by atoms with Crippen molar-refractivity contribution in [1.82, 2.24) is 14.6 Å². The van der Waals surface area contributed by atoms with Gasteiger partial charge in [-0.05, 0) is 39.0 Å². The monoisotopic (exact) mass is 395 g/mol. The summed E-state index contributed by atoms with van der Waals surface area (Å²) in [5, 5.41) is 15.0. The van der Waals surface area contributed by atoms with Gasteiger partial charge in [0.15, 0.2) is 17.7 Å². The van der Waals surface area contributed by atoms with E-state index in [1.807, 2.05) is 13.8 Å². The van der Waals surface area contributed by atoms with Gasteiger partial charge in [0.25, 0.3) is 0 Å². The van der Waals surface area contributed by atoms with Crippen molar-refractivity contribution >= 4 is 16.3 Å². The van der Waals surface area contributed by atoms with Crippen LogP contribution in [0.3, 0.4) is 0 Å². The number of nitrogens with zero attached hydrogens (tertiary/aromatic N) is 3. The first-order chi connectivity index (χ1) is 12.8. The molecule has 0 radical (unpaired) electrons. The Morgan fingerprint density at radius 3 is 2.59 bits per heavy atom. The highest BCUT2D eigenvalue weighted by Crippen LogP contribution is 2.35. The molecule has 1 aliphatic heterocycles. The topological polar surface area (TPSA) is 64.1 Å². The molecule has 1 fully saturated rings. The summed E-state index contributed by atoms with van der Waals surface area (Å²) in [6, 6.07) is 3.53. The fraction of sp³-hybridized carbons (Fsp3) is 0.444. The zero-order valence-electron chi connectivity index (χ0n) is 15.2. The Labute approximate surface area is 159 Å². The van der Waals surface area contributed by atoms with Crippen molar-refractivity contribution in [3.05, 3.63) is 46.1 Å². The van der Waals surface area contributed by atoms with Gasteiger partial charge in [0.05, 0.1) is 0 Å². The van der Waals surface area contributed by atoms with Crippen molar-refractivity contribution in [2.75, 3.05) is 13.1 Å². The van der Waals surface area contributed by atoms with Crippen LogP contribution in [0.4, 0.5) is 8.78 Å². The lowest BCUT2D eigenvalue weighted by atomic mass is 10.0. The number of quaternary nitrogens is 1. The molecule has 4 rings (SSSR count). The van der Waals surface area contributed by atoms with E-state index >= 15 is 0 Å². The lowest BCUT2D eigenvalue weighted by Gasteiger charge is -2.37. The zero-order valence-corrected chi connectivity index (χ0v) is 16.1. The van der Waals surface area contributed by atoms with Gasteiger partial charge < -0.3 is 14.7 Å². The predicted molar refractivity (Wildman–Crippen MR) is 96.2 cm³/mol. The summed E-state index contributed by atoms with van der Waals surface area (Å²) in [7, 11) is 0. The molecule has 0 bridgehead atoms. The number of morpholine rings is 1. The van der Waals surface area contributed by atoms with Crippen LogP contribution >= 0.6 is 11.3 Å². The molecule has 4 atom stereocenters. The molecular formula is C18H21F2N4O2S+. The summed E-state index contributed by atoms with van der Waals surface area (Å²) in [6.45, 7) is 7.09. The Morgan fingerprint density at radius 2 is 1.96 bits per heavy atom. The number of hydrogen-bond donors (Lipinski definition) is 2. The smallest absolute Gasteiger partial charge is 0.235 e. The molecule has 27 heavy (non-hydrogen) atoms. The number of thiazole rings is 1. The van der Waals surface area contributed by atoms with E-state index in [4.69, 9.17) is 4.74 Å². The Hall–Kier alpha value is -2.10. The Kier molecular flexibility index (Phi) is 4.61. The SMILES string of the molecule is Cc1nc2sc([C@@H](c3ccc(F)c(F)c3)[NH+]3C[C@@H](C)O[C@@H](C)C3)c(O)n2n1. The van der Waals surface area contributed by atoms with Crippen LogP contribution < -0.4 is 4.90 Å². The minimum Gasteiger partial charge on any atom is -0.492 e. The number of hydrogen-bond acceptors (Lipinski definition) is 5. The largest absolute Gasteiger partial charge is 0.492 e. The van der Waals surface area contributed by atoms with E-state index in [-0.39, 0.29) is 24.1 Å². The van der Waals surface area contributed by atoms with Gasteiger partial charge in [0.1, 0.15) is 36.0 Å². The third-order valence-electron chi connectivity index (χ3n) is 4.82. The standard InChI is InChI=1S/C18H20F2N4O2S/c1-9-7-23(8-10(2)26-9)15(12-4-5-13(19)14(20)6-12)16-17(25)24-18(27-16)21-11(3)22-24/h4-6,9-10,15,25H,7-8H2,1-3H3/p+1/t9-,10+,15-/m1/s1. The first kappa shape index (κ1) is 18.3. The normalized spacial score (nSPS) is 24.4. The van der Waals surface area contributed by atoms with Crippen molar-refractivity contribution in [2.45, 2.75) is 39.0 Å². The van der Waals surface area contributed by atoms with E-state index in [0.717, 1.165) is 11.0 Å². The van der Waals surface area contributed by atoms with Crippen molar-refractivity contribution in [3.63, 3.8) is 0 Å². The number of fused-ring (bicyclic) bond motifs is 1. The van der Waals surface area contributed by atoms with Crippen LogP contribution in [0.25, 0.3) is 4.96 Å². The summed E-state index contributed by atoms with van der Waals surface area (Å²) in [6.07, 6.45) is 0.0335. The Morgan fingerprint density at radius 1 is 1.26 bits per heavy atom. The maximum Gasteiger partial charge on any atom is 0.235 e. The van der Waals surface area contributed by atoms with Gasteiger partial charge >= 0.3 is 0 Å². The molecule has 9 heteroatoms. The average molecular weight is 395 g/mol. The third-order valence-corrected chi connectivity index (χ3v) is 5.90. The van der Waals surface area contributed by atoms with Crippen molar-refractivity contribution in [1.29, 1.82) is 0 Å². The van der Waals surface area contributed by atoms with Crippen LogP contribution in [-0.2, 0) is 4.74 Å². The molecule has 1 unspecified atom stereocenters. The van der Waals surface area contributed by atoms with Crippen molar-refractivity contribution < 1.29 is 23.5 Å². The second-order valence-corrected chi connectivity index (χ2v) is 8.08. The van der Waals surface area contributed by atoms with Crippen LogP contribution in [0, 0.1) is 18.6 Å². The van der Waals surface area contributed by atoms with Crippen molar-refractivity contribution in [3.8, 4) is 5.88 Å². The van der Waals surface area contributed by atoms with E-state index in [9.17, 15) is 13.9 Å². The van der Waals surface area contributed by atoms with Crippen molar-refractivity contribution in [2.24, 2.45) is 0 Å². The highest BCUT2D eigenvalue weighted by molar-refractivity contribution is 7.17. The molecule has 0 spiro atoms. The highest BCUT2D eigenvalue weighted by atomic mass is 32.1. The van der Waals surface area contributed by atoms with Gasteiger partial charge in [-0.1, -0.05) is 11.3 Å². The number of aromatic nitrogens is 3. The summed E-state index contributed by atoms with van der Waals surface area (Å²) in [5.74, 6) is -1.24. The fourth-order valence-electron chi connectivity index (χ4n) is 3.85. The number of aromatic hydroxyl groups is 1. The predicted octanol–water partition coefficient (Wildman–Crippen LogP) is 1.86. The van der Waals surface area contributed by atoms with E-state index in [2.05, 4.69) is 10.1 Å². The van der Waals surface area contributed by atoms with Crippen LogP contribution in [0.2, 0.25) is 0 Å². The molecule has 6 nitrogen and oxygen atoms in total. The quantitative estimate of drug-likeness (QED) is 0.711. The lowest BCUT2D eigenvalue weighted by molar-refractivity contribution is -0.939. The molecule has 0 aliphatic carbocycles. The minimum atomic E-state index is -0.902. The van der Waals surface area contributed by atoms with Gasteiger partial charge in [-0.25, -0.2) is 13.8 Å². The molecule has 144 valence electrons. The number of halogens is 2. The van der Waals surface area contributed by atoms with Gasteiger partial charge in [0.2, 0.25) is 10.8 Å². The number of rotatable bonds is 3. The summed E-state index contributed by atoms with van der Waals surface area (Å²) >= 11 is 1.32. The molecule has 1 aliphatic rings. The fourth-order valence-corrected chi connectivity index (χ4v) is 5.04. The second-order valence-electron chi connectivity index (χ2n) is 7.07. The van der Waals surface area contributed by atoms with Gasteiger partial charge in [-0.3, -0.25) is 0 Å². The van der Waals surface area contributed by atoms with Crippen LogP contribution in [0.5, 0.6) is 5.88 Å². The third kappa shape index (κ3) is 3.30. The molecule has 2 aromatic heterocycles. The molecule has 1 saturated heterocycles. The number of aryl methyl sites for hydroxylation is 1. The zero-order chi connectivity index (χ0) is 19.3. The molecule has 0 saturated carbocycles. The maximum absolute atomic E-state index is 14.0. The van der Waals surface area contributed by atoms with E-state index in [0.29, 0.717) is 34.3 Å². The molecule has 2 N–H and O–H groups in total. The van der Waals surface area contributed by atoms with Gasteiger partial charge in [0, 0.05) is 5.56 Å². The van der Waals surface area contributed by atoms with Gasteiger partial charge in [-0.2, -0.15) is 4.52 Å². The van der Waals surface area contributed by atoms with Crippen LogP contribution in [0.15, 0.2) is 18.2 Å². The van der Waals surface area contributed by atoms with E-state index in [1.165, 1.54) is 21.9 Å². The number of ether oxygens (including phenoxy) is 1. The summed E-state index contributed by atoms with van der Waals surface area (Å²) in [4.78, 5) is 6.64. The molecule has 3 aromatic rings. The molecule has 3 heterocycles. The molecular weight excluding hydrogens is 374 g/mol. The summed E-state index contributed by atoms with van der Waals surface area (Å²) in [5.41, 5.74) is 0.599. The highest BCUT2D eigenvalue weighted by Gasteiger charge is 2.37. The maximum atomic E-state index is 14.0. The van der Waals surface area contributed by atoms with Crippen LogP contribution in [0.1, 0.15) is 36.2 Å². The average Bonchev–Trinajstić information content (AvgIpc) is 3.08.